The standard InChI is InChI=1S/C18H15FN4O2/c1-11-5-6-14(19)13(8-11)15-9-16(23-18(25)22-15)17(24)21-10-12-4-2-3-7-20-12/h2-9H,10H2,1H3,(H,21,24)(H,22,23,25). The van der Waals surface area contributed by atoms with E-state index in [4.69, 9.17) is 0 Å². The summed E-state index contributed by atoms with van der Waals surface area (Å²) in [5.74, 6) is -1.01. The first-order valence-electron chi connectivity index (χ1n) is 7.59. The van der Waals surface area contributed by atoms with Crippen molar-refractivity contribution in [3.8, 4) is 11.3 Å². The Morgan fingerprint density at radius 2 is 2.08 bits per heavy atom. The molecule has 0 radical (unpaired) electrons. The minimum absolute atomic E-state index is 0.00633. The van der Waals surface area contributed by atoms with Crippen molar-refractivity contribution >= 4 is 5.91 Å². The minimum atomic E-state index is -0.721. The highest BCUT2D eigenvalue weighted by atomic mass is 19.1. The van der Waals surface area contributed by atoms with Gasteiger partial charge in [-0.05, 0) is 37.3 Å². The molecule has 1 amide bonds. The van der Waals surface area contributed by atoms with E-state index in [2.05, 4.69) is 20.3 Å². The number of hydrogen-bond acceptors (Lipinski definition) is 4. The molecule has 25 heavy (non-hydrogen) atoms. The Balaban J connectivity index is 1.87. The van der Waals surface area contributed by atoms with Gasteiger partial charge in [0.2, 0.25) is 0 Å². The fourth-order valence-corrected chi connectivity index (χ4v) is 2.32. The van der Waals surface area contributed by atoms with Crippen molar-refractivity contribution in [2.75, 3.05) is 0 Å². The number of amides is 1. The van der Waals surface area contributed by atoms with Crippen LogP contribution in [0.1, 0.15) is 21.7 Å². The Morgan fingerprint density at radius 1 is 1.24 bits per heavy atom. The van der Waals surface area contributed by atoms with Gasteiger partial charge in [-0.15, -0.1) is 0 Å². The zero-order chi connectivity index (χ0) is 17.8. The first kappa shape index (κ1) is 16.5. The molecule has 7 heteroatoms. The van der Waals surface area contributed by atoms with Crippen LogP contribution in [0.2, 0.25) is 0 Å². The highest BCUT2D eigenvalue weighted by Gasteiger charge is 2.13. The van der Waals surface area contributed by atoms with E-state index in [0.717, 1.165) is 5.56 Å². The van der Waals surface area contributed by atoms with Crippen LogP contribution in [0.25, 0.3) is 11.3 Å². The number of hydrogen-bond donors (Lipinski definition) is 2. The number of pyridine rings is 1. The summed E-state index contributed by atoms with van der Waals surface area (Å²) in [5.41, 5.74) is 1.06. The fraction of sp³-hybridized carbons (Fsp3) is 0.111. The van der Waals surface area contributed by atoms with E-state index in [0.29, 0.717) is 5.69 Å². The van der Waals surface area contributed by atoms with Crippen LogP contribution in [0, 0.1) is 12.7 Å². The summed E-state index contributed by atoms with van der Waals surface area (Å²) in [6.07, 6.45) is 1.62. The predicted molar refractivity (Wildman–Crippen MR) is 90.4 cm³/mol. The largest absolute Gasteiger partial charge is 0.346 e. The Bertz CT molecular complexity index is 970. The fourth-order valence-electron chi connectivity index (χ4n) is 2.32. The van der Waals surface area contributed by atoms with E-state index < -0.39 is 17.4 Å². The molecule has 0 spiro atoms. The van der Waals surface area contributed by atoms with Gasteiger partial charge in [0, 0.05) is 11.8 Å². The molecule has 0 aliphatic rings. The number of nitrogens with one attached hydrogen (secondary N) is 2. The van der Waals surface area contributed by atoms with Crippen molar-refractivity contribution in [3.63, 3.8) is 0 Å². The SMILES string of the molecule is Cc1ccc(F)c(-c2cc(C(=O)NCc3ccccn3)[nH]c(=O)n2)c1. The normalized spacial score (nSPS) is 10.5. The lowest BCUT2D eigenvalue weighted by atomic mass is 10.1. The highest BCUT2D eigenvalue weighted by molar-refractivity contribution is 5.93. The molecule has 0 fully saturated rings. The smallest absolute Gasteiger partial charge is 0.345 e. The maximum atomic E-state index is 14.0. The highest BCUT2D eigenvalue weighted by Crippen LogP contribution is 2.21. The third-order valence-electron chi connectivity index (χ3n) is 3.54. The summed E-state index contributed by atoms with van der Waals surface area (Å²) in [6, 6.07) is 11.2. The first-order chi connectivity index (χ1) is 12.0. The molecular weight excluding hydrogens is 323 g/mol. The number of carbonyl (C=O) groups excluding carboxylic acids is 1. The number of carbonyl (C=O) groups is 1. The number of aromatic nitrogens is 3. The van der Waals surface area contributed by atoms with Crippen LogP contribution < -0.4 is 11.0 Å². The third kappa shape index (κ3) is 3.95. The summed E-state index contributed by atoms with van der Waals surface area (Å²) in [5, 5.41) is 2.65. The van der Waals surface area contributed by atoms with Crippen LogP contribution in [0.15, 0.2) is 53.5 Å². The van der Waals surface area contributed by atoms with Crippen LogP contribution in [0.3, 0.4) is 0 Å². The summed E-state index contributed by atoms with van der Waals surface area (Å²) >= 11 is 0. The number of halogens is 1. The Morgan fingerprint density at radius 3 is 2.84 bits per heavy atom. The number of H-pyrrole nitrogens is 1. The van der Waals surface area contributed by atoms with Crippen molar-refractivity contribution in [1.29, 1.82) is 0 Å². The maximum Gasteiger partial charge on any atom is 0.346 e. The predicted octanol–water partition coefficient (Wildman–Crippen LogP) is 2.21. The van der Waals surface area contributed by atoms with Crippen molar-refractivity contribution in [1.82, 2.24) is 20.3 Å². The molecule has 3 rings (SSSR count). The summed E-state index contributed by atoms with van der Waals surface area (Å²) < 4.78 is 14.0. The Labute approximate surface area is 142 Å². The maximum absolute atomic E-state index is 14.0. The zero-order valence-corrected chi connectivity index (χ0v) is 13.4. The third-order valence-corrected chi connectivity index (χ3v) is 3.54. The molecule has 2 N–H and O–H groups in total. The molecule has 3 aromatic rings. The topological polar surface area (TPSA) is 87.7 Å². The molecule has 2 heterocycles. The molecule has 1 aromatic carbocycles. The Kier molecular flexibility index (Phi) is 4.65. The lowest BCUT2D eigenvalue weighted by Crippen LogP contribution is -2.27. The van der Waals surface area contributed by atoms with Crippen molar-refractivity contribution in [2.45, 2.75) is 13.5 Å². The van der Waals surface area contributed by atoms with Gasteiger partial charge in [-0.25, -0.2) is 9.18 Å². The summed E-state index contributed by atoms with van der Waals surface area (Å²) in [4.78, 5) is 34.3. The second kappa shape index (κ2) is 7.04. The molecule has 0 saturated carbocycles. The molecule has 0 aliphatic carbocycles. The molecule has 0 aliphatic heterocycles. The van der Waals surface area contributed by atoms with Crippen LogP contribution in [0.5, 0.6) is 0 Å². The van der Waals surface area contributed by atoms with Gasteiger partial charge >= 0.3 is 5.69 Å². The Hall–Kier alpha value is -3.35. The monoisotopic (exact) mass is 338 g/mol. The lowest BCUT2D eigenvalue weighted by Gasteiger charge is -2.07. The van der Waals surface area contributed by atoms with Crippen LogP contribution in [-0.4, -0.2) is 20.9 Å². The van der Waals surface area contributed by atoms with Crippen molar-refractivity contribution in [2.24, 2.45) is 0 Å². The van der Waals surface area contributed by atoms with E-state index in [1.54, 1.807) is 43.5 Å². The zero-order valence-electron chi connectivity index (χ0n) is 13.4. The van der Waals surface area contributed by atoms with E-state index in [9.17, 15) is 14.0 Å². The molecule has 0 atom stereocenters. The van der Waals surface area contributed by atoms with Gasteiger partial charge in [-0.3, -0.25) is 9.78 Å². The van der Waals surface area contributed by atoms with Gasteiger partial charge in [0.05, 0.1) is 17.9 Å². The van der Waals surface area contributed by atoms with Gasteiger partial charge in [-0.2, -0.15) is 4.98 Å². The quantitative estimate of drug-likeness (QED) is 0.763. The molecule has 2 aromatic heterocycles. The minimum Gasteiger partial charge on any atom is -0.345 e. The average Bonchev–Trinajstić information content (AvgIpc) is 2.62. The molecular formula is C18H15FN4O2. The van der Waals surface area contributed by atoms with E-state index >= 15 is 0 Å². The summed E-state index contributed by atoms with van der Waals surface area (Å²) in [7, 11) is 0. The average molecular weight is 338 g/mol. The van der Waals surface area contributed by atoms with Gasteiger partial charge < -0.3 is 10.3 Å². The van der Waals surface area contributed by atoms with Crippen molar-refractivity contribution in [3.05, 3.63) is 81.9 Å². The van der Waals surface area contributed by atoms with Gasteiger partial charge in [0.25, 0.3) is 5.91 Å². The van der Waals surface area contributed by atoms with Crippen LogP contribution >= 0.6 is 0 Å². The van der Waals surface area contributed by atoms with Crippen LogP contribution in [0.4, 0.5) is 4.39 Å². The van der Waals surface area contributed by atoms with Gasteiger partial charge in [-0.1, -0.05) is 17.7 Å². The molecule has 0 bridgehead atoms. The molecule has 6 nitrogen and oxygen atoms in total. The number of rotatable bonds is 4. The number of nitrogens with zero attached hydrogens (tertiary/aromatic N) is 2. The number of benzene rings is 1. The van der Waals surface area contributed by atoms with E-state index in [-0.39, 0.29) is 23.5 Å². The lowest BCUT2D eigenvalue weighted by molar-refractivity contribution is 0.0945. The number of aryl methyl sites for hydroxylation is 1. The van der Waals surface area contributed by atoms with E-state index in [1.165, 1.54) is 12.1 Å². The second-order valence-electron chi connectivity index (χ2n) is 5.47. The molecule has 126 valence electrons. The summed E-state index contributed by atoms with van der Waals surface area (Å²) in [6.45, 7) is 2.01. The van der Waals surface area contributed by atoms with E-state index in [1.807, 2.05) is 0 Å². The van der Waals surface area contributed by atoms with Gasteiger partial charge in [0.15, 0.2) is 0 Å². The van der Waals surface area contributed by atoms with Crippen molar-refractivity contribution < 1.29 is 9.18 Å². The van der Waals surface area contributed by atoms with Crippen LogP contribution in [-0.2, 0) is 6.54 Å². The molecule has 0 unspecified atom stereocenters. The number of aromatic amines is 1. The molecule has 0 saturated heterocycles. The second-order valence-corrected chi connectivity index (χ2v) is 5.47. The van der Waals surface area contributed by atoms with Gasteiger partial charge in [0.1, 0.15) is 11.5 Å². The first-order valence-corrected chi connectivity index (χ1v) is 7.59.